The molecule has 0 unspecified atom stereocenters. The molecule has 1 amide bonds. The molecule has 3 rings (SSSR count). The van der Waals surface area contributed by atoms with Gasteiger partial charge in [-0.1, -0.05) is 0 Å². The van der Waals surface area contributed by atoms with E-state index >= 15 is 0 Å². The average molecular weight is 460 g/mol. The van der Waals surface area contributed by atoms with Crippen molar-refractivity contribution in [1.82, 2.24) is 4.31 Å². The van der Waals surface area contributed by atoms with Gasteiger partial charge in [0.05, 0.1) is 20.3 Å². The van der Waals surface area contributed by atoms with Crippen LogP contribution in [0.1, 0.15) is 10.4 Å². The van der Waals surface area contributed by atoms with Gasteiger partial charge in [-0.3, -0.25) is 4.79 Å². The number of nitrogens with zero attached hydrogens (tertiary/aromatic N) is 1. The van der Waals surface area contributed by atoms with E-state index < -0.39 is 33.3 Å². The summed E-state index contributed by atoms with van der Waals surface area (Å²) in [5.41, 5.74) is -0.0521. The molecule has 0 atom stereocenters. The van der Waals surface area contributed by atoms with E-state index in [2.05, 4.69) is 10.1 Å². The Morgan fingerprint density at radius 2 is 1.84 bits per heavy atom. The van der Waals surface area contributed by atoms with Crippen LogP contribution in [-0.2, 0) is 14.8 Å². The third-order valence-electron chi connectivity index (χ3n) is 4.42. The maximum absolute atomic E-state index is 14.3. The van der Waals surface area contributed by atoms with E-state index in [4.69, 9.17) is 9.47 Å². The minimum atomic E-state index is -4.14. The largest absolute Gasteiger partial charge is 0.493 e. The zero-order valence-corrected chi connectivity index (χ0v) is 17.1. The van der Waals surface area contributed by atoms with Gasteiger partial charge in [-0.25, -0.2) is 12.8 Å². The number of hydrogen-bond acceptors (Lipinski definition) is 6. The Labute approximate surface area is 176 Å². The maximum Gasteiger partial charge on any atom is 0.387 e. The molecule has 1 saturated heterocycles. The van der Waals surface area contributed by atoms with Crippen molar-refractivity contribution in [2.24, 2.45) is 0 Å². The Hall–Kier alpha value is -2.83. The molecule has 168 valence electrons. The van der Waals surface area contributed by atoms with Crippen molar-refractivity contribution in [3.63, 3.8) is 0 Å². The number of hydrogen-bond donors (Lipinski definition) is 1. The molecule has 0 spiro atoms. The highest BCUT2D eigenvalue weighted by atomic mass is 32.2. The molecule has 1 aliphatic rings. The number of alkyl halides is 2. The van der Waals surface area contributed by atoms with Crippen molar-refractivity contribution in [3.8, 4) is 11.5 Å². The number of benzene rings is 2. The first-order valence-corrected chi connectivity index (χ1v) is 10.5. The number of carbonyl (C=O) groups excluding carboxylic acids is 1. The van der Waals surface area contributed by atoms with Crippen molar-refractivity contribution < 1.29 is 40.6 Å². The normalized spacial score (nSPS) is 15.0. The summed E-state index contributed by atoms with van der Waals surface area (Å²) in [6, 6.07) is 6.73. The van der Waals surface area contributed by atoms with Crippen molar-refractivity contribution in [3.05, 3.63) is 47.8 Å². The van der Waals surface area contributed by atoms with Crippen LogP contribution >= 0.6 is 0 Å². The number of methoxy groups -OCH3 is 1. The zero-order chi connectivity index (χ0) is 22.6. The second-order valence-corrected chi connectivity index (χ2v) is 8.27. The first kappa shape index (κ1) is 22.8. The van der Waals surface area contributed by atoms with Crippen LogP contribution in [0.5, 0.6) is 11.5 Å². The van der Waals surface area contributed by atoms with Gasteiger partial charge in [-0.2, -0.15) is 13.1 Å². The van der Waals surface area contributed by atoms with Crippen molar-refractivity contribution in [1.29, 1.82) is 0 Å². The number of rotatable bonds is 7. The Morgan fingerprint density at radius 3 is 2.48 bits per heavy atom. The number of carbonyl (C=O) groups is 1. The predicted octanol–water partition coefficient (Wildman–Crippen LogP) is 2.71. The fourth-order valence-corrected chi connectivity index (χ4v) is 4.41. The molecule has 8 nitrogen and oxygen atoms in total. The number of morpholine rings is 1. The molecule has 0 bridgehead atoms. The standard InChI is InChI=1S/C19H19F3N2O6S/c1-28-15-5-2-12(10-16(15)30-19(21)22)18(25)23-13-3-4-14(20)17(11-13)31(26,27)24-6-8-29-9-7-24/h2-5,10-11,19H,6-9H2,1H3,(H,23,25). The molecule has 1 fully saturated rings. The van der Waals surface area contributed by atoms with Crippen molar-refractivity contribution in [2.75, 3.05) is 38.7 Å². The monoisotopic (exact) mass is 460 g/mol. The van der Waals surface area contributed by atoms with Gasteiger partial charge >= 0.3 is 6.61 Å². The molecule has 0 radical (unpaired) electrons. The molecule has 1 aliphatic heterocycles. The van der Waals surface area contributed by atoms with Gasteiger partial charge in [-0.05, 0) is 36.4 Å². The number of anilines is 1. The summed E-state index contributed by atoms with van der Waals surface area (Å²) in [5, 5.41) is 2.42. The molecule has 31 heavy (non-hydrogen) atoms. The second-order valence-electron chi connectivity index (χ2n) is 6.36. The van der Waals surface area contributed by atoms with Crippen molar-refractivity contribution in [2.45, 2.75) is 11.5 Å². The molecular weight excluding hydrogens is 441 g/mol. The van der Waals surface area contributed by atoms with Crippen LogP contribution in [0, 0.1) is 5.82 Å². The quantitative estimate of drug-likeness (QED) is 0.683. The smallest absolute Gasteiger partial charge is 0.387 e. The van der Waals surface area contributed by atoms with Crippen LogP contribution < -0.4 is 14.8 Å². The van der Waals surface area contributed by atoms with Gasteiger partial charge in [0.1, 0.15) is 10.7 Å². The number of sulfonamides is 1. The first-order valence-electron chi connectivity index (χ1n) is 9.04. The van der Waals surface area contributed by atoms with Crippen LogP contribution in [-0.4, -0.2) is 58.7 Å². The summed E-state index contributed by atoms with van der Waals surface area (Å²) in [7, 11) is -2.89. The summed E-state index contributed by atoms with van der Waals surface area (Å²) in [5.74, 6) is -2.07. The van der Waals surface area contributed by atoms with Crippen LogP contribution in [0.3, 0.4) is 0 Å². The maximum atomic E-state index is 14.3. The van der Waals surface area contributed by atoms with E-state index in [0.29, 0.717) is 0 Å². The molecule has 0 aromatic heterocycles. The molecule has 2 aromatic rings. The van der Waals surface area contributed by atoms with Crippen LogP contribution in [0.15, 0.2) is 41.3 Å². The topological polar surface area (TPSA) is 94.2 Å². The molecule has 0 saturated carbocycles. The minimum absolute atomic E-state index is 0.00229. The Balaban J connectivity index is 1.85. The highest BCUT2D eigenvalue weighted by Crippen LogP contribution is 2.30. The first-order chi connectivity index (χ1) is 14.7. The predicted molar refractivity (Wildman–Crippen MR) is 104 cm³/mol. The van der Waals surface area contributed by atoms with Gasteiger partial charge in [-0.15, -0.1) is 0 Å². The van der Waals surface area contributed by atoms with Gasteiger partial charge in [0.25, 0.3) is 5.91 Å². The SMILES string of the molecule is COc1ccc(C(=O)Nc2ccc(F)c(S(=O)(=O)N3CCOCC3)c2)cc1OC(F)F. The van der Waals surface area contributed by atoms with E-state index in [9.17, 15) is 26.4 Å². The Morgan fingerprint density at radius 1 is 1.13 bits per heavy atom. The van der Waals surface area contributed by atoms with Gasteiger partial charge in [0.2, 0.25) is 10.0 Å². The molecule has 0 aliphatic carbocycles. The Bertz CT molecular complexity index is 1060. The zero-order valence-electron chi connectivity index (χ0n) is 16.3. The number of nitrogens with one attached hydrogen (secondary N) is 1. The highest BCUT2D eigenvalue weighted by Gasteiger charge is 2.29. The third kappa shape index (κ3) is 5.27. The molecule has 2 aromatic carbocycles. The van der Waals surface area contributed by atoms with E-state index in [1.807, 2.05) is 0 Å². The molecule has 1 N–H and O–H groups in total. The van der Waals surface area contributed by atoms with E-state index in [-0.39, 0.29) is 49.1 Å². The number of ether oxygens (including phenoxy) is 3. The lowest BCUT2D eigenvalue weighted by Crippen LogP contribution is -2.40. The summed E-state index contributed by atoms with van der Waals surface area (Å²) < 4.78 is 80.4. The van der Waals surface area contributed by atoms with Crippen LogP contribution in [0.25, 0.3) is 0 Å². The number of amides is 1. The lowest BCUT2D eigenvalue weighted by molar-refractivity contribution is -0.0512. The van der Waals surface area contributed by atoms with Gasteiger partial charge < -0.3 is 19.5 Å². The second kappa shape index (κ2) is 9.54. The average Bonchev–Trinajstić information content (AvgIpc) is 2.75. The number of halogens is 3. The fraction of sp³-hybridized carbons (Fsp3) is 0.316. The van der Waals surface area contributed by atoms with Crippen LogP contribution in [0.4, 0.5) is 18.9 Å². The van der Waals surface area contributed by atoms with Crippen molar-refractivity contribution >= 4 is 21.6 Å². The lowest BCUT2D eigenvalue weighted by Gasteiger charge is -2.26. The van der Waals surface area contributed by atoms with Gasteiger partial charge in [0.15, 0.2) is 11.5 Å². The van der Waals surface area contributed by atoms with E-state index in [0.717, 1.165) is 22.5 Å². The summed E-state index contributed by atoms with van der Waals surface area (Å²) >= 11 is 0. The molecular formula is C19H19F3N2O6S. The summed E-state index contributed by atoms with van der Waals surface area (Å²) in [6.07, 6.45) is 0. The van der Waals surface area contributed by atoms with E-state index in [1.165, 1.54) is 25.3 Å². The van der Waals surface area contributed by atoms with Gasteiger partial charge in [0, 0.05) is 24.3 Å². The van der Waals surface area contributed by atoms with E-state index in [1.54, 1.807) is 0 Å². The summed E-state index contributed by atoms with van der Waals surface area (Å²) in [4.78, 5) is 11.9. The lowest BCUT2D eigenvalue weighted by atomic mass is 10.2. The van der Waals surface area contributed by atoms with Crippen LogP contribution in [0.2, 0.25) is 0 Å². The summed E-state index contributed by atoms with van der Waals surface area (Å²) in [6.45, 7) is -2.58. The Kier molecular flexibility index (Phi) is 7.03. The fourth-order valence-electron chi connectivity index (χ4n) is 2.91. The highest BCUT2D eigenvalue weighted by molar-refractivity contribution is 7.89. The molecule has 1 heterocycles. The minimum Gasteiger partial charge on any atom is -0.493 e. The molecule has 12 heteroatoms. The third-order valence-corrected chi connectivity index (χ3v) is 6.33.